The number of halogens is 4. The topological polar surface area (TPSA) is 20.2 Å². The molecule has 1 unspecified atom stereocenters. The zero-order valence-corrected chi connectivity index (χ0v) is 10.5. The van der Waals surface area contributed by atoms with E-state index < -0.39 is 23.6 Å². The van der Waals surface area contributed by atoms with E-state index in [1.807, 2.05) is 0 Å². The van der Waals surface area contributed by atoms with Crippen LogP contribution in [0.25, 0.3) is 0 Å². The lowest BCUT2D eigenvalue weighted by Gasteiger charge is -2.13. The molecule has 0 bridgehead atoms. The van der Waals surface area contributed by atoms with E-state index in [9.17, 15) is 18.3 Å². The van der Waals surface area contributed by atoms with Gasteiger partial charge in [0.25, 0.3) is 0 Å². The van der Waals surface area contributed by atoms with E-state index in [1.54, 1.807) is 0 Å². The first-order valence-corrected chi connectivity index (χ1v) is 5.92. The van der Waals surface area contributed by atoms with E-state index >= 15 is 0 Å². The highest BCUT2D eigenvalue weighted by atomic mass is 35.5. The quantitative estimate of drug-likeness (QED) is 0.903. The number of hydrogen-bond acceptors (Lipinski definition) is 1. The largest absolute Gasteiger partial charge is 0.388 e. The summed E-state index contributed by atoms with van der Waals surface area (Å²) in [6.45, 7) is 0. The Morgan fingerprint density at radius 3 is 2.26 bits per heavy atom. The Balaban J connectivity index is 2.28. The van der Waals surface area contributed by atoms with E-state index in [0.717, 1.165) is 12.1 Å². The van der Waals surface area contributed by atoms with Crippen molar-refractivity contribution in [1.29, 1.82) is 0 Å². The van der Waals surface area contributed by atoms with Crippen molar-refractivity contribution in [3.05, 3.63) is 70.0 Å². The highest BCUT2D eigenvalue weighted by Gasteiger charge is 2.15. The average molecular weight is 287 g/mol. The summed E-state index contributed by atoms with van der Waals surface area (Å²) in [6.07, 6.45) is -1.39. The van der Waals surface area contributed by atoms with E-state index in [1.165, 1.54) is 18.2 Å². The molecule has 0 aliphatic rings. The van der Waals surface area contributed by atoms with Crippen LogP contribution in [-0.4, -0.2) is 5.11 Å². The predicted octanol–water partition coefficient (Wildman–Crippen LogP) is 4.03. The molecule has 0 spiro atoms. The normalized spacial score (nSPS) is 12.5. The molecule has 0 radical (unpaired) electrons. The van der Waals surface area contributed by atoms with Crippen LogP contribution in [0.1, 0.15) is 17.2 Å². The standard InChI is InChI=1S/C14H10ClF3O/c15-12-2-1-3-13(18)11(12)7-14(19)8-4-9(16)6-10(17)5-8/h1-6,14,19H,7H2. The van der Waals surface area contributed by atoms with Crippen LogP contribution in [0.5, 0.6) is 0 Å². The van der Waals surface area contributed by atoms with Gasteiger partial charge in [0, 0.05) is 23.1 Å². The minimum atomic E-state index is -1.24. The van der Waals surface area contributed by atoms with E-state index in [2.05, 4.69) is 0 Å². The smallest absolute Gasteiger partial charge is 0.127 e. The van der Waals surface area contributed by atoms with Crippen LogP contribution in [0.2, 0.25) is 5.02 Å². The number of aliphatic hydroxyl groups excluding tert-OH is 1. The van der Waals surface area contributed by atoms with Gasteiger partial charge in [0.05, 0.1) is 6.10 Å². The van der Waals surface area contributed by atoms with Crippen LogP contribution in [-0.2, 0) is 6.42 Å². The zero-order valence-electron chi connectivity index (χ0n) is 9.71. The van der Waals surface area contributed by atoms with Gasteiger partial charge < -0.3 is 5.11 Å². The Morgan fingerprint density at radius 2 is 1.68 bits per heavy atom. The molecule has 0 aromatic heterocycles. The van der Waals surface area contributed by atoms with Crippen molar-refractivity contribution in [3.8, 4) is 0 Å². The molecule has 1 atom stereocenters. The molecule has 0 saturated carbocycles. The fraction of sp³-hybridized carbons (Fsp3) is 0.143. The van der Waals surface area contributed by atoms with Crippen molar-refractivity contribution in [1.82, 2.24) is 0 Å². The first-order chi connectivity index (χ1) is 8.97. The minimum Gasteiger partial charge on any atom is -0.388 e. The number of aliphatic hydroxyl groups is 1. The molecule has 0 fully saturated rings. The van der Waals surface area contributed by atoms with Gasteiger partial charge >= 0.3 is 0 Å². The molecular formula is C14H10ClF3O. The molecule has 100 valence electrons. The second-order valence-electron chi connectivity index (χ2n) is 4.12. The maximum atomic E-state index is 13.5. The average Bonchev–Trinajstić information content (AvgIpc) is 2.32. The van der Waals surface area contributed by atoms with E-state index in [0.29, 0.717) is 6.07 Å². The summed E-state index contributed by atoms with van der Waals surface area (Å²) in [6, 6.07) is 6.84. The van der Waals surface area contributed by atoms with Crippen molar-refractivity contribution in [2.45, 2.75) is 12.5 Å². The number of benzene rings is 2. The molecule has 19 heavy (non-hydrogen) atoms. The summed E-state index contributed by atoms with van der Waals surface area (Å²) in [5, 5.41) is 10.1. The van der Waals surface area contributed by atoms with Gasteiger partial charge in [0.15, 0.2) is 0 Å². The van der Waals surface area contributed by atoms with Crippen LogP contribution in [0.4, 0.5) is 13.2 Å². The number of hydrogen-bond donors (Lipinski definition) is 1. The van der Waals surface area contributed by atoms with Gasteiger partial charge in [0.1, 0.15) is 17.5 Å². The van der Waals surface area contributed by atoms with Gasteiger partial charge in [-0.05, 0) is 29.8 Å². The summed E-state index contributed by atoms with van der Waals surface area (Å²) in [5.74, 6) is -2.16. The van der Waals surface area contributed by atoms with Crippen molar-refractivity contribution >= 4 is 11.6 Å². The van der Waals surface area contributed by atoms with Crippen LogP contribution in [0.15, 0.2) is 36.4 Å². The molecule has 1 N–H and O–H groups in total. The summed E-state index contributed by atoms with van der Waals surface area (Å²) < 4.78 is 39.6. The third kappa shape index (κ3) is 3.28. The lowest BCUT2D eigenvalue weighted by molar-refractivity contribution is 0.176. The second-order valence-corrected chi connectivity index (χ2v) is 4.53. The van der Waals surface area contributed by atoms with Gasteiger partial charge in [-0.1, -0.05) is 17.7 Å². The molecule has 0 heterocycles. The summed E-state index contributed by atoms with van der Waals surface area (Å²) in [4.78, 5) is 0. The van der Waals surface area contributed by atoms with Crippen molar-refractivity contribution < 1.29 is 18.3 Å². The molecule has 0 aliphatic heterocycles. The van der Waals surface area contributed by atoms with E-state index in [-0.39, 0.29) is 22.6 Å². The molecule has 2 aromatic carbocycles. The highest BCUT2D eigenvalue weighted by molar-refractivity contribution is 6.31. The second kappa shape index (κ2) is 5.63. The van der Waals surface area contributed by atoms with Crippen molar-refractivity contribution in [3.63, 3.8) is 0 Å². The van der Waals surface area contributed by atoms with Crippen LogP contribution in [0.3, 0.4) is 0 Å². The fourth-order valence-electron chi connectivity index (χ4n) is 1.81. The third-order valence-electron chi connectivity index (χ3n) is 2.73. The van der Waals surface area contributed by atoms with Crippen molar-refractivity contribution in [2.75, 3.05) is 0 Å². The van der Waals surface area contributed by atoms with Gasteiger partial charge in [-0.25, -0.2) is 13.2 Å². The van der Waals surface area contributed by atoms with Crippen LogP contribution >= 0.6 is 11.6 Å². The Morgan fingerprint density at radius 1 is 1.05 bits per heavy atom. The molecule has 1 nitrogen and oxygen atoms in total. The molecule has 2 rings (SSSR count). The molecule has 0 amide bonds. The highest BCUT2D eigenvalue weighted by Crippen LogP contribution is 2.26. The van der Waals surface area contributed by atoms with Gasteiger partial charge in [-0.15, -0.1) is 0 Å². The molecule has 2 aromatic rings. The first kappa shape index (κ1) is 13.9. The molecular weight excluding hydrogens is 277 g/mol. The van der Waals surface area contributed by atoms with Crippen LogP contribution in [0, 0.1) is 17.5 Å². The Bertz CT molecular complexity index is 561. The Hall–Kier alpha value is -1.52. The van der Waals surface area contributed by atoms with Gasteiger partial charge in [-0.2, -0.15) is 0 Å². The zero-order chi connectivity index (χ0) is 14.0. The Labute approximate surface area is 113 Å². The maximum Gasteiger partial charge on any atom is 0.127 e. The lowest BCUT2D eigenvalue weighted by Crippen LogP contribution is -2.05. The number of rotatable bonds is 3. The molecule has 0 saturated heterocycles. The van der Waals surface area contributed by atoms with Gasteiger partial charge in [0.2, 0.25) is 0 Å². The summed E-state index contributed by atoms with van der Waals surface area (Å²) >= 11 is 5.82. The monoisotopic (exact) mass is 286 g/mol. The summed E-state index contributed by atoms with van der Waals surface area (Å²) in [7, 11) is 0. The SMILES string of the molecule is OC(Cc1c(F)cccc1Cl)c1cc(F)cc(F)c1. The maximum absolute atomic E-state index is 13.5. The molecule has 5 heteroatoms. The summed E-state index contributed by atoms with van der Waals surface area (Å²) in [5.41, 5.74) is 0.151. The van der Waals surface area contributed by atoms with Crippen molar-refractivity contribution in [2.24, 2.45) is 0 Å². The fourth-order valence-corrected chi connectivity index (χ4v) is 2.05. The third-order valence-corrected chi connectivity index (χ3v) is 3.08. The van der Waals surface area contributed by atoms with E-state index in [4.69, 9.17) is 11.6 Å². The first-order valence-electron chi connectivity index (χ1n) is 5.54. The Kier molecular flexibility index (Phi) is 4.12. The lowest BCUT2D eigenvalue weighted by atomic mass is 10.0. The van der Waals surface area contributed by atoms with Crippen LogP contribution < -0.4 is 0 Å². The molecule has 0 aliphatic carbocycles. The predicted molar refractivity (Wildman–Crippen MR) is 66.4 cm³/mol. The van der Waals surface area contributed by atoms with Gasteiger partial charge in [-0.3, -0.25) is 0 Å². The minimum absolute atomic E-state index is 0.0387.